The topological polar surface area (TPSA) is 125 Å². The summed E-state index contributed by atoms with van der Waals surface area (Å²) in [6.45, 7) is 3.36. The molecule has 3 aromatic heterocycles. The third-order valence-corrected chi connectivity index (χ3v) is 7.68. The first-order chi connectivity index (χ1) is 19.0. The van der Waals surface area contributed by atoms with Crippen LogP contribution in [0.5, 0.6) is 5.88 Å². The van der Waals surface area contributed by atoms with Gasteiger partial charge in [-0.25, -0.2) is 9.55 Å². The lowest BCUT2D eigenvalue weighted by molar-refractivity contribution is -0.396. The van der Waals surface area contributed by atoms with Crippen molar-refractivity contribution in [2.75, 3.05) is 36.5 Å². The van der Waals surface area contributed by atoms with Gasteiger partial charge in [0.05, 0.1) is 33.1 Å². The number of pyridine rings is 1. The zero-order chi connectivity index (χ0) is 26.8. The second-order valence-corrected chi connectivity index (χ2v) is 10.1. The number of morpholine rings is 1. The SMILES string of the molecule is Cn1c(CNc2ccc3cc(N4CCOCC4)nc(OC4CCC(n5ccnc5)CC4)c3c2)cnc1[N+](=O)[O-]. The van der Waals surface area contributed by atoms with Crippen molar-refractivity contribution in [2.45, 2.75) is 44.4 Å². The minimum atomic E-state index is -0.482. The lowest BCUT2D eigenvalue weighted by Gasteiger charge is -2.31. The maximum atomic E-state index is 11.1. The Hall–Kier alpha value is -4.19. The molecule has 1 saturated heterocycles. The number of nitro groups is 1. The quantitative estimate of drug-likeness (QED) is 0.264. The first kappa shape index (κ1) is 25.1. The summed E-state index contributed by atoms with van der Waals surface area (Å²) in [6, 6.07) is 8.68. The molecule has 1 saturated carbocycles. The number of fused-ring (bicyclic) bond motifs is 1. The van der Waals surface area contributed by atoms with Crippen LogP contribution >= 0.6 is 0 Å². The molecular formula is C27H32N8O4. The van der Waals surface area contributed by atoms with Crippen molar-refractivity contribution < 1.29 is 14.4 Å². The monoisotopic (exact) mass is 532 g/mol. The second-order valence-electron chi connectivity index (χ2n) is 10.1. The van der Waals surface area contributed by atoms with Gasteiger partial charge >= 0.3 is 5.95 Å². The Morgan fingerprint density at radius 3 is 2.72 bits per heavy atom. The van der Waals surface area contributed by atoms with Crippen LogP contribution in [0.3, 0.4) is 0 Å². The van der Waals surface area contributed by atoms with E-state index in [9.17, 15) is 10.1 Å². The third kappa shape index (κ3) is 5.37. The lowest BCUT2D eigenvalue weighted by Crippen LogP contribution is -2.36. The molecule has 0 unspecified atom stereocenters. The number of benzene rings is 1. The van der Waals surface area contributed by atoms with Gasteiger partial charge in [-0.15, -0.1) is 0 Å². The molecule has 2 aliphatic rings. The summed E-state index contributed by atoms with van der Waals surface area (Å²) in [4.78, 5) is 26.0. The maximum Gasteiger partial charge on any atom is 0.434 e. The number of aromatic nitrogens is 5. The van der Waals surface area contributed by atoms with Crippen molar-refractivity contribution in [1.29, 1.82) is 0 Å². The van der Waals surface area contributed by atoms with E-state index >= 15 is 0 Å². The molecule has 1 aliphatic carbocycles. The van der Waals surface area contributed by atoms with Gasteiger partial charge in [-0.2, -0.15) is 4.98 Å². The summed E-state index contributed by atoms with van der Waals surface area (Å²) in [6.07, 6.45) is 11.3. The van der Waals surface area contributed by atoms with Crippen molar-refractivity contribution in [1.82, 2.24) is 24.1 Å². The zero-order valence-corrected chi connectivity index (χ0v) is 21.9. The van der Waals surface area contributed by atoms with Crippen molar-refractivity contribution >= 4 is 28.2 Å². The van der Waals surface area contributed by atoms with Gasteiger partial charge in [-0.3, -0.25) is 0 Å². The predicted molar refractivity (Wildman–Crippen MR) is 146 cm³/mol. The van der Waals surface area contributed by atoms with Gasteiger partial charge in [0.25, 0.3) is 0 Å². The fraction of sp³-hybridized carbons (Fsp3) is 0.444. The Labute approximate surface area is 225 Å². The van der Waals surface area contributed by atoms with E-state index < -0.39 is 4.92 Å². The predicted octanol–water partition coefficient (Wildman–Crippen LogP) is 4.08. The van der Waals surface area contributed by atoms with E-state index in [2.05, 4.69) is 36.9 Å². The molecule has 1 aliphatic heterocycles. The Kier molecular flexibility index (Phi) is 7.01. The van der Waals surface area contributed by atoms with Gasteiger partial charge in [0.15, 0.2) is 0 Å². The molecule has 204 valence electrons. The van der Waals surface area contributed by atoms with Crippen LogP contribution in [0, 0.1) is 10.1 Å². The number of nitrogens with zero attached hydrogens (tertiary/aromatic N) is 7. The summed E-state index contributed by atoms with van der Waals surface area (Å²) >= 11 is 0. The van der Waals surface area contributed by atoms with E-state index in [1.54, 1.807) is 7.05 Å². The number of hydrogen-bond acceptors (Lipinski definition) is 9. The number of ether oxygens (including phenoxy) is 2. The summed E-state index contributed by atoms with van der Waals surface area (Å²) in [7, 11) is 1.65. The molecule has 1 N–H and O–H groups in total. The number of nitrogens with one attached hydrogen (secondary N) is 1. The van der Waals surface area contributed by atoms with E-state index in [1.165, 1.54) is 10.8 Å². The Morgan fingerprint density at radius 2 is 2.00 bits per heavy atom. The molecule has 4 heterocycles. The maximum absolute atomic E-state index is 11.1. The normalized spacial score (nSPS) is 19.8. The molecular weight excluding hydrogens is 500 g/mol. The minimum Gasteiger partial charge on any atom is -0.474 e. The first-order valence-corrected chi connectivity index (χ1v) is 13.4. The molecule has 4 aromatic rings. The average molecular weight is 533 g/mol. The van der Waals surface area contributed by atoms with Crippen molar-refractivity contribution in [3.63, 3.8) is 0 Å². The van der Waals surface area contributed by atoms with Crippen molar-refractivity contribution in [3.05, 3.63) is 65.0 Å². The minimum absolute atomic E-state index is 0.0898. The second kappa shape index (κ2) is 10.9. The fourth-order valence-corrected chi connectivity index (χ4v) is 5.42. The summed E-state index contributed by atoms with van der Waals surface area (Å²) in [5.74, 6) is 1.36. The van der Waals surface area contributed by atoms with Gasteiger partial charge in [-0.05, 0) is 54.2 Å². The summed E-state index contributed by atoms with van der Waals surface area (Å²) in [5.41, 5.74) is 1.59. The van der Waals surface area contributed by atoms with Crippen LogP contribution < -0.4 is 15.0 Å². The average Bonchev–Trinajstić information content (AvgIpc) is 3.63. The number of anilines is 2. The zero-order valence-electron chi connectivity index (χ0n) is 21.9. The Balaban J connectivity index is 1.24. The highest BCUT2D eigenvalue weighted by atomic mass is 16.6. The van der Waals surface area contributed by atoms with Gasteiger partial charge in [0.1, 0.15) is 23.8 Å². The standard InChI is InChI=1S/C27H32N8O4/c1-32-22(17-30-27(32)35(36)37)16-29-20-3-2-19-14-25(33-10-12-38-13-11-33)31-26(24(19)15-20)39-23-6-4-21(5-7-23)34-9-8-28-18-34/h2-3,8-9,14-15,17-18,21,23,29H,4-7,10-13,16H2,1H3. The molecule has 2 fully saturated rings. The van der Waals surface area contributed by atoms with Crippen molar-refractivity contribution in [3.8, 4) is 5.88 Å². The smallest absolute Gasteiger partial charge is 0.434 e. The highest BCUT2D eigenvalue weighted by Gasteiger charge is 2.25. The molecule has 39 heavy (non-hydrogen) atoms. The van der Waals surface area contributed by atoms with E-state index in [1.807, 2.05) is 30.9 Å². The first-order valence-electron chi connectivity index (χ1n) is 13.4. The third-order valence-electron chi connectivity index (χ3n) is 7.68. The summed E-state index contributed by atoms with van der Waals surface area (Å²) in [5, 5.41) is 16.5. The lowest BCUT2D eigenvalue weighted by atomic mass is 9.93. The molecule has 0 radical (unpaired) electrons. The molecule has 12 nitrogen and oxygen atoms in total. The summed E-state index contributed by atoms with van der Waals surface area (Å²) < 4.78 is 15.8. The molecule has 0 atom stereocenters. The molecule has 0 spiro atoms. The van der Waals surface area contributed by atoms with Crippen LogP contribution in [0.4, 0.5) is 17.5 Å². The van der Waals surface area contributed by atoms with Crippen LogP contribution in [0.1, 0.15) is 37.4 Å². The van der Waals surface area contributed by atoms with Crippen LogP contribution in [0.15, 0.2) is 49.2 Å². The number of imidazole rings is 2. The van der Waals surface area contributed by atoms with Crippen LogP contribution in [-0.2, 0) is 18.3 Å². The molecule has 1 aromatic carbocycles. The van der Waals surface area contributed by atoms with Crippen molar-refractivity contribution in [2.24, 2.45) is 7.05 Å². The molecule has 6 rings (SSSR count). The number of rotatable bonds is 8. The Bertz CT molecular complexity index is 1440. The van der Waals surface area contributed by atoms with Crippen LogP contribution in [0.2, 0.25) is 0 Å². The van der Waals surface area contributed by atoms with E-state index in [-0.39, 0.29) is 12.1 Å². The Morgan fingerprint density at radius 1 is 1.18 bits per heavy atom. The van der Waals surface area contributed by atoms with Gasteiger partial charge in [-0.1, -0.05) is 11.1 Å². The van der Waals surface area contributed by atoms with Gasteiger partial charge in [0.2, 0.25) is 5.88 Å². The van der Waals surface area contributed by atoms with Gasteiger partial charge in [0, 0.05) is 42.6 Å². The van der Waals surface area contributed by atoms with Gasteiger partial charge < -0.3 is 34.4 Å². The largest absolute Gasteiger partial charge is 0.474 e. The molecule has 0 bridgehead atoms. The fourth-order valence-electron chi connectivity index (χ4n) is 5.42. The molecule has 0 amide bonds. The van der Waals surface area contributed by atoms with E-state index in [0.717, 1.165) is 61.1 Å². The van der Waals surface area contributed by atoms with Crippen LogP contribution in [-0.4, -0.2) is 61.4 Å². The highest BCUT2D eigenvalue weighted by molar-refractivity contribution is 5.91. The van der Waals surface area contributed by atoms with E-state index in [4.69, 9.17) is 14.5 Å². The number of hydrogen-bond donors (Lipinski definition) is 1. The van der Waals surface area contributed by atoms with E-state index in [0.29, 0.717) is 37.4 Å². The highest BCUT2D eigenvalue weighted by Crippen LogP contribution is 2.35. The molecule has 12 heteroatoms. The van der Waals surface area contributed by atoms with Crippen LogP contribution in [0.25, 0.3) is 10.8 Å².